The van der Waals surface area contributed by atoms with Gasteiger partial charge in [0.05, 0.1) is 16.6 Å². The van der Waals surface area contributed by atoms with E-state index in [0.717, 1.165) is 24.8 Å². The first-order valence-electron chi connectivity index (χ1n) is 10.7. The second-order valence-electron chi connectivity index (χ2n) is 8.77. The molecule has 1 aromatic carbocycles. The van der Waals surface area contributed by atoms with Crippen molar-refractivity contribution in [1.82, 2.24) is 23.6 Å². The lowest BCUT2D eigenvalue weighted by Crippen LogP contribution is -2.39. The van der Waals surface area contributed by atoms with Gasteiger partial charge in [-0.3, -0.25) is 13.9 Å². The topological polar surface area (TPSA) is 77.1 Å². The Morgan fingerprint density at radius 2 is 1.88 bits per heavy atom. The summed E-state index contributed by atoms with van der Waals surface area (Å²) in [6.07, 6.45) is 4.38. The third kappa shape index (κ3) is 4.19. The fraction of sp³-hybridized carbons (Fsp3) is 0.500. The first-order valence-corrected chi connectivity index (χ1v) is 11.5. The minimum Gasteiger partial charge on any atom is -0.353 e. The molecule has 0 radical (unpaired) electrons. The van der Waals surface area contributed by atoms with Gasteiger partial charge in [-0.2, -0.15) is 4.98 Å². The number of hydrogen-bond donors (Lipinski definition) is 1. The highest BCUT2D eigenvalue weighted by molar-refractivity contribution is 6.42. The van der Waals surface area contributed by atoms with Crippen LogP contribution in [0, 0.1) is 0 Å². The van der Waals surface area contributed by atoms with Crippen molar-refractivity contribution in [3.8, 4) is 0 Å². The van der Waals surface area contributed by atoms with E-state index in [1.165, 1.54) is 15.6 Å². The summed E-state index contributed by atoms with van der Waals surface area (Å²) in [7, 11) is 7.65. The molecule has 0 spiro atoms. The maximum absolute atomic E-state index is 13.3. The normalized spacial score (nSPS) is 19.1. The zero-order valence-electron chi connectivity index (χ0n) is 18.7. The van der Waals surface area contributed by atoms with E-state index >= 15 is 0 Å². The molecular weight excluding hydrogens is 451 g/mol. The van der Waals surface area contributed by atoms with Gasteiger partial charge in [0.1, 0.15) is 0 Å². The van der Waals surface area contributed by atoms with Crippen molar-refractivity contribution in [3.63, 3.8) is 0 Å². The van der Waals surface area contributed by atoms with Crippen molar-refractivity contribution in [2.24, 2.45) is 14.1 Å². The van der Waals surface area contributed by atoms with Crippen LogP contribution < -0.4 is 16.6 Å². The molecule has 1 saturated carbocycles. The lowest BCUT2D eigenvalue weighted by molar-refractivity contribution is 0.219. The molecule has 0 amide bonds. The fourth-order valence-electron chi connectivity index (χ4n) is 4.48. The summed E-state index contributed by atoms with van der Waals surface area (Å²) in [4.78, 5) is 33.2. The van der Waals surface area contributed by atoms with Crippen molar-refractivity contribution in [1.29, 1.82) is 0 Å². The maximum atomic E-state index is 13.3. The average molecular weight is 479 g/mol. The monoisotopic (exact) mass is 478 g/mol. The molecule has 32 heavy (non-hydrogen) atoms. The summed E-state index contributed by atoms with van der Waals surface area (Å²) < 4.78 is 4.38. The number of hydrogen-bond acceptors (Lipinski definition) is 5. The number of halogens is 2. The van der Waals surface area contributed by atoms with Crippen LogP contribution in [0.25, 0.3) is 11.2 Å². The van der Waals surface area contributed by atoms with E-state index in [9.17, 15) is 9.59 Å². The van der Waals surface area contributed by atoms with Crippen LogP contribution in [0.4, 0.5) is 5.95 Å². The number of nitrogens with zero attached hydrogens (tertiary/aromatic N) is 5. The van der Waals surface area contributed by atoms with Gasteiger partial charge in [0, 0.05) is 26.2 Å². The Morgan fingerprint density at radius 3 is 2.56 bits per heavy atom. The average Bonchev–Trinajstić information content (AvgIpc) is 3.08. The lowest BCUT2D eigenvalue weighted by atomic mass is 9.90. The van der Waals surface area contributed by atoms with Crippen LogP contribution in [0.1, 0.15) is 31.2 Å². The predicted octanol–water partition coefficient (Wildman–Crippen LogP) is 3.07. The third-order valence-corrected chi connectivity index (χ3v) is 7.13. The van der Waals surface area contributed by atoms with Crippen LogP contribution in [0.5, 0.6) is 0 Å². The highest BCUT2D eigenvalue weighted by Crippen LogP contribution is 2.25. The van der Waals surface area contributed by atoms with E-state index in [1.807, 2.05) is 0 Å². The van der Waals surface area contributed by atoms with E-state index in [-0.39, 0.29) is 18.1 Å². The van der Waals surface area contributed by atoms with Crippen LogP contribution >= 0.6 is 23.2 Å². The SMILES string of the molecule is CN(C)C1CCCC(Nc2nc3c(c(=O)n(Cc4ccc(Cl)c(Cl)c4)c(=O)n3C)n2C)C1. The van der Waals surface area contributed by atoms with E-state index in [1.54, 1.807) is 36.9 Å². The predicted molar refractivity (Wildman–Crippen MR) is 129 cm³/mol. The Hall–Kier alpha value is -2.29. The number of fused-ring (bicyclic) bond motifs is 1. The summed E-state index contributed by atoms with van der Waals surface area (Å²) in [5.41, 5.74) is 0.663. The summed E-state index contributed by atoms with van der Waals surface area (Å²) in [5.74, 6) is 0.601. The number of imidazole rings is 1. The van der Waals surface area contributed by atoms with Gasteiger partial charge in [0.15, 0.2) is 11.2 Å². The van der Waals surface area contributed by atoms with Gasteiger partial charge in [0.2, 0.25) is 5.95 Å². The minimum atomic E-state index is -0.427. The summed E-state index contributed by atoms with van der Waals surface area (Å²) in [6.45, 7) is 0.0966. The molecule has 1 fully saturated rings. The Bertz CT molecular complexity index is 1280. The number of aromatic nitrogens is 4. The Morgan fingerprint density at radius 1 is 1.12 bits per heavy atom. The van der Waals surface area contributed by atoms with E-state index in [2.05, 4.69) is 29.3 Å². The zero-order valence-corrected chi connectivity index (χ0v) is 20.2. The van der Waals surface area contributed by atoms with Gasteiger partial charge in [-0.05, 0) is 57.5 Å². The first kappa shape index (κ1) is 22.9. The smallest absolute Gasteiger partial charge is 0.332 e. The quantitative estimate of drug-likeness (QED) is 0.609. The molecule has 2 heterocycles. The van der Waals surface area contributed by atoms with E-state index in [4.69, 9.17) is 23.2 Å². The molecule has 8 nitrogen and oxygen atoms in total. The van der Waals surface area contributed by atoms with Gasteiger partial charge < -0.3 is 14.8 Å². The fourth-order valence-corrected chi connectivity index (χ4v) is 4.80. The van der Waals surface area contributed by atoms with Crippen LogP contribution in [0.2, 0.25) is 10.0 Å². The van der Waals surface area contributed by atoms with E-state index in [0.29, 0.717) is 33.2 Å². The molecule has 10 heteroatoms. The van der Waals surface area contributed by atoms with Crippen LogP contribution in [-0.4, -0.2) is 49.8 Å². The van der Waals surface area contributed by atoms with E-state index < -0.39 is 5.69 Å². The minimum absolute atomic E-state index is 0.0966. The highest BCUT2D eigenvalue weighted by Gasteiger charge is 2.25. The van der Waals surface area contributed by atoms with Gasteiger partial charge in [-0.15, -0.1) is 0 Å². The van der Waals surface area contributed by atoms with Crippen molar-refractivity contribution >= 4 is 40.3 Å². The summed E-state index contributed by atoms with van der Waals surface area (Å²) in [6, 6.07) is 5.86. The molecule has 0 bridgehead atoms. The van der Waals surface area contributed by atoms with Crippen LogP contribution in [0.15, 0.2) is 27.8 Å². The molecule has 0 aliphatic heterocycles. The largest absolute Gasteiger partial charge is 0.353 e. The number of anilines is 1. The van der Waals surface area contributed by atoms with Gasteiger partial charge in [0.25, 0.3) is 5.56 Å². The number of benzene rings is 1. The first-order chi connectivity index (χ1) is 15.2. The van der Waals surface area contributed by atoms with Crippen LogP contribution in [0.3, 0.4) is 0 Å². The van der Waals surface area contributed by atoms with Gasteiger partial charge >= 0.3 is 5.69 Å². The van der Waals surface area contributed by atoms with Crippen molar-refractivity contribution in [3.05, 3.63) is 54.6 Å². The molecule has 2 atom stereocenters. The Kier molecular flexibility index (Phi) is 6.38. The number of aryl methyl sites for hydroxylation is 2. The molecular formula is C22H28Cl2N6O2. The number of rotatable bonds is 5. The molecule has 1 aliphatic carbocycles. The van der Waals surface area contributed by atoms with Gasteiger partial charge in [-0.25, -0.2) is 4.79 Å². The van der Waals surface area contributed by atoms with Crippen molar-refractivity contribution < 1.29 is 0 Å². The molecule has 0 saturated heterocycles. The molecule has 3 aromatic rings. The second-order valence-corrected chi connectivity index (χ2v) is 9.59. The highest BCUT2D eigenvalue weighted by atomic mass is 35.5. The Balaban J connectivity index is 1.72. The Labute approximate surface area is 196 Å². The molecule has 4 rings (SSSR count). The molecule has 172 valence electrons. The molecule has 2 unspecified atom stereocenters. The number of nitrogens with one attached hydrogen (secondary N) is 1. The lowest BCUT2D eigenvalue weighted by Gasteiger charge is -2.33. The molecule has 2 aromatic heterocycles. The maximum Gasteiger partial charge on any atom is 0.332 e. The molecule has 1 aliphatic rings. The second kappa shape index (κ2) is 8.92. The van der Waals surface area contributed by atoms with Gasteiger partial charge in [-0.1, -0.05) is 29.3 Å². The summed E-state index contributed by atoms with van der Waals surface area (Å²) >= 11 is 12.1. The molecule has 1 N–H and O–H groups in total. The standard InChI is InChI=1S/C22H28Cl2N6O2/c1-27(2)15-7-5-6-14(11-15)25-21-26-19-18(28(21)3)20(31)30(22(32)29(19)4)12-13-8-9-16(23)17(24)10-13/h8-10,14-15H,5-7,11-12H2,1-4H3,(H,25,26). The third-order valence-electron chi connectivity index (χ3n) is 6.39. The van der Waals surface area contributed by atoms with Crippen LogP contribution in [-0.2, 0) is 20.6 Å². The van der Waals surface area contributed by atoms with Crippen molar-refractivity contribution in [2.75, 3.05) is 19.4 Å². The van der Waals surface area contributed by atoms with Crippen molar-refractivity contribution in [2.45, 2.75) is 44.3 Å². The zero-order chi connectivity index (χ0) is 23.2. The summed E-state index contributed by atoms with van der Waals surface area (Å²) in [5, 5.41) is 4.31.